The van der Waals surface area contributed by atoms with Gasteiger partial charge in [0.2, 0.25) is 5.79 Å². The molecule has 0 spiro atoms. The summed E-state index contributed by atoms with van der Waals surface area (Å²) in [5.41, 5.74) is 0. The number of rotatable bonds is 8. The van der Waals surface area contributed by atoms with E-state index in [0.29, 0.717) is 19.6 Å². The highest BCUT2D eigenvalue weighted by Gasteiger charge is 2.43. The number of carbonyl (C=O) groups excluding carboxylic acids is 1. The molecule has 0 saturated heterocycles. The average molecular weight is 307 g/mol. The summed E-state index contributed by atoms with van der Waals surface area (Å²) in [6.07, 6.45) is 4.26. The molecule has 0 aliphatic carbocycles. The van der Waals surface area contributed by atoms with E-state index >= 15 is 0 Å². The van der Waals surface area contributed by atoms with Crippen molar-refractivity contribution in [3.05, 3.63) is 12.2 Å². The third-order valence-electron chi connectivity index (χ3n) is 2.52. The Morgan fingerprint density at radius 1 is 1.41 bits per heavy atom. The number of halogens is 1. The lowest BCUT2D eigenvalue weighted by Crippen LogP contribution is -2.47. The second kappa shape index (κ2) is 7.13. The van der Waals surface area contributed by atoms with E-state index in [0.717, 1.165) is 11.8 Å². The van der Waals surface area contributed by atoms with Crippen LogP contribution in [-0.2, 0) is 19.0 Å². The average Bonchev–Trinajstić information content (AvgIpc) is 2.74. The van der Waals surface area contributed by atoms with Gasteiger partial charge in [0.05, 0.1) is 0 Å². The van der Waals surface area contributed by atoms with Gasteiger partial charge in [-0.25, -0.2) is 4.79 Å². The zero-order valence-electron chi connectivity index (χ0n) is 10.3. The minimum absolute atomic E-state index is 0.336. The van der Waals surface area contributed by atoms with Crippen molar-refractivity contribution in [3.63, 3.8) is 0 Å². The lowest BCUT2D eigenvalue weighted by molar-refractivity contribution is -0.274. The van der Waals surface area contributed by atoms with Crippen molar-refractivity contribution in [2.24, 2.45) is 0 Å². The quantitative estimate of drug-likeness (QED) is 0.392. The van der Waals surface area contributed by atoms with Crippen LogP contribution >= 0.6 is 15.9 Å². The van der Waals surface area contributed by atoms with Crippen molar-refractivity contribution in [1.82, 2.24) is 0 Å². The summed E-state index contributed by atoms with van der Waals surface area (Å²) in [7, 11) is 0. The van der Waals surface area contributed by atoms with Crippen LogP contribution in [0.25, 0.3) is 0 Å². The Morgan fingerprint density at radius 3 is 2.47 bits per heavy atom. The molecule has 1 aliphatic heterocycles. The first-order chi connectivity index (χ1) is 8.18. The Balaban J connectivity index is 2.80. The van der Waals surface area contributed by atoms with E-state index in [1.165, 1.54) is 6.08 Å². The largest absolute Gasteiger partial charge is 0.449 e. The first-order valence-electron chi connectivity index (χ1n) is 5.91. The van der Waals surface area contributed by atoms with Crippen LogP contribution in [0, 0.1) is 0 Å². The van der Waals surface area contributed by atoms with Crippen molar-refractivity contribution in [2.45, 2.75) is 38.6 Å². The Kier molecular flexibility index (Phi) is 6.16. The third kappa shape index (κ3) is 3.79. The number of carbonyl (C=O) groups is 1. The molecule has 0 saturated carbocycles. The molecule has 17 heavy (non-hydrogen) atoms. The van der Waals surface area contributed by atoms with Crippen molar-refractivity contribution >= 4 is 21.9 Å². The minimum atomic E-state index is -0.847. The Morgan fingerprint density at radius 2 is 2.06 bits per heavy atom. The van der Waals surface area contributed by atoms with Crippen molar-refractivity contribution in [1.29, 1.82) is 0 Å². The fourth-order valence-electron chi connectivity index (χ4n) is 1.90. The molecule has 0 aromatic carbocycles. The minimum Gasteiger partial charge on any atom is -0.449 e. The predicted molar refractivity (Wildman–Crippen MR) is 68.0 cm³/mol. The maximum absolute atomic E-state index is 11.2. The zero-order valence-corrected chi connectivity index (χ0v) is 11.9. The van der Waals surface area contributed by atoms with Gasteiger partial charge in [0.1, 0.15) is 0 Å². The fourth-order valence-corrected chi connectivity index (χ4v) is 2.18. The van der Waals surface area contributed by atoms with Gasteiger partial charge < -0.3 is 14.2 Å². The maximum atomic E-state index is 11.2. The molecule has 5 heteroatoms. The van der Waals surface area contributed by atoms with Gasteiger partial charge in [-0.1, -0.05) is 15.9 Å². The lowest BCUT2D eigenvalue weighted by atomic mass is 10.0. The molecule has 1 aliphatic rings. The van der Waals surface area contributed by atoms with Crippen LogP contribution in [0.15, 0.2) is 12.2 Å². The van der Waals surface area contributed by atoms with Crippen LogP contribution < -0.4 is 0 Å². The summed E-state index contributed by atoms with van der Waals surface area (Å²) in [6.45, 7) is 4.85. The van der Waals surface area contributed by atoms with Gasteiger partial charge in [0, 0.05) is 31.0 Å². The summed E-state index contributed by atoms with van der Waals surface area (Å²) in [4.78, 5) is 11.2. The summed E-state index contributed by atoms with van der Waals surface area (Å²) in [6, 6.07) is 0. The van der Waals surface area contributed by atoms with E-state index in [9.17, 15) is 4.79 Å². The van der Waals surface area contributed by atoms with Crippen LogP contribution in [0.1, 0.15) is 26.7 Å². The summed E-state index contributed by atoms with van der Waals surface area (Å²) < 4.78 is 16.7. The van der Waals surface area contributed by atoms with E-state index in [2.05, 4.69) is 15.9 Å². The van der Waals surface area contributed by atoms with Crippen LogP contribution in [0.2, 0.25) is 0 Å². The predicted octanol–water partition coefficient (Wildman–Crippen LogP) is 2.41. The van der Waals surface area contributed by atoms with E-state index in [1.54, 1.807) is 6.08 Å². The highest BCUT2D eigenvalue weighted by Crippen LogP contribution is 2.30. The molecule has 1 heterocycles. The molecule has 0 aromatic heterocycles. The maximum Gasteiger partial charge on any atom is 0.331 e. The highest BCUT2D eigenvalue weighted by molar-refractivity contribution is 9.09. The zero-order chi connectivity index (χ0) is 12.7. The highest BCUT2D eigenvalue weighted by atomic mass is 79.9. The summed E-state index contributed by atoms with van der Waals surface area (Å²) in [5.74, 6) is -1.18. The van der Waals surface area contributed by atoms with E-state index in [1.807, 2.05) is 13.8 Å². The molecule has 98 valence electrons. The Labute approximate surface area is 110 Å². The second-order valence-corrected chi connectivity index (χ2v) is 4.48. The van der Waals surface area contributed by atoms with Crippen molar-refractivity contribution in [2.75, 3.05) is 18.5 Å². The standard InChI is InChI=1S/C12H19BrO4/c1-3-15-12(16-4-2,8-5-9-13)10-6-7-11(14)17-10/h6-7,10H,3-5,8-9H2,1-2H3. The molecular weight excluding hydrogens is 288 g/mol. The molecule has 1 rings (SSSR count). The molecule has 1 atom stereocenters. The number of hydrogen-bond acceptors (Lipinski definition) is 4. The van der Waals surface area contributed by atoms with Gasteiger partial charge in [0.25, 0.3) is 0 Å². The number of ether oxygens (including phenoxy) is 3. The van der Waals surface area contributed by atoms with Gasteiger partial charge in [-0.05, 0) is 26.3 Å². The molecule has 4 nitrogen and oxygen atoms in total. The van der Waals surface area contributed by atoms with E-state index < -0.39 is 11.9 Å². The van der Waals surface area contributed by atoms with Crippen molar-refractivity contribution < 1.29 is 19.0 Å². The first-order valence-corrected chi connectivity index (χ1v) is 7.03. The monoisotopic (exact) mass is 306 g/mol. The fraction of sp³-hybridized carbons (Fsp3) is 0.750. The number of esters is 1. The first kappa shape index (κ1) is 14.7. The third-order valence-corrected chi connectivity index (χ3v) is 3.08. The molecule has 0 aromatic rings. The molecule has 0 bridgehead atoms. The lowest BCUT2D eigenvalue weighted by Gasteiger charge is -2.36. The smallest absolute Gasteiger partial charge is 0.331 e. The number of hydrogen-bond donors (Lipinski definition) is 0. The van der Waals surface area contributed by atoms with Crippen LogP contribution in [-0.4, -0.2) is 36.4 Å². The molecule has 0 fully saturated rings. The molecule has 0 amide bonds. The summed E-state index contributed by atoms with van der Waals surface area (Å²) >= 11 is 3.39. The van der Waals surface area contributed by atoms with Gasteiger partial charge in [-0.2, -0.15) is 0 Å². The van der Waals surface area contributed by atoms with Crippen LogP contribution in [0.5, 0.6) is 0 Å². The number of cyclic esters (lactones) is 1. The molecule has 0 radical (unpaired) electrons. The normalized spacial score (nSPS) is 19.7. The molecular formula is C12H19BrO4. The second-order valence-electron chi connectivity index (χ2n) is 3.69. The topological polar surface area (TPSA) is 44.8 Å². The number of alkyl halides is 1. The van der Waals surface area contributed by atoms with Gasteiger partial charge in [0.15, 0.2) is 6.10 Å². The van der Waals surface area contributed by atoms with Crippen LogP contribution in [0.4, 0.5) is 0 Å². The van der Waals surface area contributed by atoms with Crippen LogP contribution in [0.3, 0.4) is 0 Å². The SMILES string of the molecule is CCOC(CCCBr)(OCC)C1C=CC(=O)O1. The Bertz CT molecular complexity index is 272. The van der Waals surface area contributed by atoms with Gasteiger partial charge in [-0.3, -0.25) is 0 Å². The molecule has 0 N–H and O–H groups in total. The summed E-state index contributed by atoms with van der Waals surface area (Å²) in [5, 5.41) is 0.860. The van der Waals surface area contributed by atoms with Gasteiger partial charge in [-0.15, -0.1) is 0 Å². The van der Waals surface area contributed by atoms with Gasteiger partial charge >= 0.3 is 5.97 Å². The molecule has 1 unspecified atom stereocenters. The van der Waals surface area contributed by atoms with Crippen molar-refractivity contribution in [3.8, 4) is 0 Å². The Hall–Kier alpha value is -0.390. The van der Waals surface area contributed by atoms with E-state index in [-0.39, 0.29) is 5.97 Å². The van der Waals surface area contributed by atoms with E-state index in [4.69, 9.17) is 14.2 Å².